The number of para-hydroxylation sites is 1. The van der Waals surface area contributed by atoms with Crippen molar-refractivity contribution in [2.75, 3.05) is 11.5 Å². The average molecular weight is 535 g/mol. The molecule has 4 atom stereocenters. The molecule has 6 heteroatoms. The van der Waals surface area contributed by atoms with E-state index in [4.69, 9.17) is 4.74 Å². The number of pyridine rings is 1. The number of fused-ring (bicyclic) bond motifs is 3. The number of anilines is 1. The van der Waals surface area contributed by atoms with Crippen molar-refractivity contribution in [3.8, 4) is 5.75 Å². The number of amides is 2. The van der Waals surface area contributed by atoms with Crippen LogP contribution in [0, 0.1) is 23.7 Å². The number of carbonyl (C=O) groups excluding carboxylic acids is 2. The van der Waals surface area contributed by atoms with Crippen LogP contribution in [0.5, 0.6) is 5.75 Å². The van der Waals surface area contributed by atoms with Crippen molar-refractivity contribution in [1.82, 2.24) is 4.98 Å². The van der Waals surface area contributed by atoms with Gasteiger partial charge in [0.2, 0.25) is 11.8 Å². The van der Waals surface area contributed by atoms with Crippen LogP contribution in [0.3, 0.4) is 0 Å². The Balaban J connectivity index is 1.29. The number of aromatic hydroxyl groups is 1. The van der Waals surface area contributed by atoms with Gasteiger partial charge in [-0.1, -0.05) is 55.8 Å². The molecule has 3 heterocycles. The molecule has 2 fully saturated rings. The zero-order valence-corrected chi connectivity index (χ0v) is 22.9. The van der Waals surface area contributed by atoms with E-state index < -0.39 is 0 Å². The lowest BCUT2D eigenvalue weighted by Crippen LogP contribution is -2.35. The number of phenols is 1. The van der Waals surface area contributed by atoms with Crippen molar-refractivity contribution in [1.29, 1.82) is 0 Å². The van der Waals surface area contributed by atoms with Gasteiger partial charge < -0.3 is 9.84 Å². The smallest absolute Gasteiger partial charge is 0.238 e. The fourth-order valence-electron chi connectivity index (χ4n) is 6.68. The van der Waals surface area contributed by atoms with Gasteiger partial charge in [0.25, 0.3) is 0 Å². The normalized spacial score (nSPS) is 24.6. The van der Waals surface area contributed by atoms with Crippen molar-refractivity contribution < 1.29 is 19.4 Å². The highest BCUT2D eigenvalue weighted by Gasteiger charge is 2.57. The zero-order chi connectivity index (χ0) is 27.8. The topological polar surface area (TPSA) is 79.7 Å². The highest BCUT2D eigenvalue weighted by molar-refractivity contribution is 6.22. The molecule has 1 N–H and O–H groups in total. The molecule has 0 radical (unpaired) electrons. The number of rotatable bonds is 7. The van der Waals surface area contributed by atoms with Crippen molar-refractivity contribution in [3.63, 3.8) is 0 Å². The van der Waals surface area contributed by atoms with Gasteiger partial charge in [0, 0.05) is 12.1 Å². The summed E-state index contributed by atoms with van der Waals surface area (Å²) in [6.45, 7) is 4.81. The molecular formula is C34H34N2O4. The maximum Gasteiger partial charge on any atom is 0.238 e. The minimum atomic E-state index is -0.377. The Labute approximate surface area is 235 Å². The van der Waals surface area contributed by atoms with E-state index in [1.807, 2.05) is 60.7 Å². The molecule has 40 heavy (non-hydrogen) atoms. The van der Waals surface area contributed by atoms with Gasteiger partial charge in [0.1, 0.15) is 5.75 Å². The van der Waals surface area contributed by atoms with Crippen LogP contribution < -0.4 is 4.90 Å². The molecule has 2 aromatic carbocycles. The summed E-state index contributed by atoms with van der Waals surface area (Å²) in [5, 5.41) is 9.71. The van der Waals surface area contributed by atoms with Crippen LogP contribution in [0.2, 0.25) is 0 Å². The van der Waals surface area contributed by atoms with Gasteiger partial charge in [-0.15, -0.1) is 0 Å². The number of hydrogen-bond acceptors (Lipinski definition) is 5. The molecule has 1 aliphatic carbocycles. The first kappa shape index (κ1) is 26.2. The molecule has 0 saturated carbocycles. The summed E-state index contributed by atoms with van der Waals surface area (Å²) in [6, 6.07) is 22.3. The van der Waals surface area contributed by atoms with Crippen LogP contribution >= 0.6 is 0 Å². The van der Waals surface area contributed by atoms with Crippen LogP contribution in [0.15, 0.2) is 90.1 Å². The van der Waals surface area contributed by atoms with Crippen LogP contribution in [-0.2, 0) is 14.3 Å². The minimum Gasteiger partial charge on any atom is -0.508 e. The molecular weight excluding hydrogens is 500 g/mol. The Bertz CT molecular complexity index is 1460. The lowest BCUT2D eigenvalue weighted by molar-refractivity contribution is -0.122. The van der Waals surface area contributed by atoms with Crippen LogP contribution in [0.1, 0.15) is 44.4 Å². The second-order valence-corrected chi connectivity index (χ2v) is 11.3. The van der Waals surface area contributed by atoms with Gasteiger partial charge in [-0.05, 0) is 84.4 Å². The number of nitrogens with zero attached hydrogens (tertiary/aromatic N) is 2. The summed E-state index contributed by atoms with van der Waals surface area (Å²) in [6.07, 6.45) is 5.90. The van der Waals surface area contributed by atoms with E-state index in [9.17, 15) is 14.7 Å². The number of benzene rings is 2. The van der Waals surface area contributed by atoms with Gasteiger partial charge in [0.15, 0.2) is 0 Å². The quantitative estimate of drug-likeness (QED) is 0.285. The summed E-state index contributed by atoms with van der Waals surface area (Å²) in [4.78, 5) is 33.3. The summed E-state index contributed by atoms with van der Waals surface area (Å²) < 4.78 is 6.44. The van der Waals surface area contributed by atoms with Crippen molar-refractivity contribution >= 4 is 29.2 Å². The van der Waals surface area contributed by atoms with E-state index in [2.05, 4.69) is 24.9 Å². The number of ether oxygens (including phenoxy) is 1. The average Bonchev–Trinajstić information content (AvgIpc) is 3.50. The lowest BCUT2D eigenvalue weighted by atomic mass is 9.67. The largest absolute Gasteiger partial charge is 0.508 e. The first-order chi connectivity index (χ1) is 19.4. The Morgan fingerprint density at radius 1 is 1.00 bits per heavy atom. The fraction of sp³-hybridized carbons (Fsp3) is 0.324. The molecule has 1 aromatic heterocycles. The third kappa shape index (κ3) is 4.77. The van der Waals surface area contributed by atoms with Crippen molar-refractivity contribution in [3.05, 3.63) is 101 Å². The maximum absolute atomic E-state index is 13.7. The molecule has 6 nitrogen and oxygen atoms in total. The predicted octanol–water partition coefficient (Wildman–Crippen LogP) is 6.29. The van der Waals surface area contributed by atoms with Gasteiger partial charge >= 0.3 is 0 Å². The van der Waals surface area contributed by atoms with E-state index in [0.29, 0.717) is 18.7 Å². The molecule has 0 spiro atoms. The molecule has 3 aliphatic rings. The fourth-order valence-corrected chi connectivity index (χ4v) is 6.68. The van der Waals surface area contributed by atoms with E-state index in [0.717, 1.165) is 29.7 Å². The first-order valence-electron chi connectivity index (χ1n) is 14.1. The molecule has 2 saturated heterocycles. The van der Waals surface area contributed by atoms with Crippen LogP contribution in [0.25, 0.3) is 11.6 Å². The molecule has 3 aromatic rings. The van der Waals surface area contributed by atoms with Gasteiger partial charge in [-0.25, -0.2) is 0 Å². The highest BCUT2D eigenvalue weighted by Crippen LogP contribution is 2.52. The standard InChI is InChI=1S/C34H34N2O4/c1-21(2)26-19-27-32(34(39)36(33(27)38)24-8-4-3-5-9-24)28-20-40-30(31(26)28)16-13-23(29-10-6-7-17-35-29)18-22-11-14-25(37)15-12-22/h3-12,14-15,17-18,21,27-28,30,32,37H,13,16,19-20H2,1-2H3/b23-18-/t27-,28+,30-,32-/m1/s1. The Kier molecular flexibility index (Phi) is 7.11. The van der Waals surface area contributed by atoms with E-state index in [-0.39, 0.29) is 47.3 Å². The zero-order valence-electron chi connectivity index (χ0n) is 22.9. The third-order valence-electron chi connectivity index (χ3n) is 8.56. The first-order valence-corrected chi connectivity index (χ1v) is 14.1. The number of phenolic OH excluding ortho intramolecular Hbond substituents is 1. The Hall–Kier alpha value is -4.03. The summed E-state index contributed by atoms with van der Waals surface area (Å²) in [7, 11) is 0. The molecule has 6 rings (SSSR count). The Morgan fingerprint density at radius 3 is 2.45 bits per heavy atom. The highest BCUT2D eigenvalue weighted by atomic mass is 16.5. The second-order valence-electron chi connectivity index (χ2n) is 11.3. The predicted molar refractivity (Wildman–Crippen MR) is 155 cm³/mol. The summed E-state index contributed by atoms with van der Waals surface area (Å²) >= 11 is 0. The van der Waals surface area contributed by atoms with Gasteiger partial charge in [-0.3, -0.25) is 19.5 Å². The molecule has 2 aliphatic heterocycles. The number of hydrogen-bond donors (Lipinski definition) is 1. The number of allylic oxidation sites excluding steroid dienone is 2. The molecule has 0 unspecified atom stereocenters. The van der Waals surface area contributed by atoms with Crippen LogP contribution in [0.4, 0.5) is 5.69 Å². The van der Waals surface area contributed by atoms with Gasteiger partial charge in [0.05, 0.1) is 35.9 Å². The molecule has 0 bridgehead atoms. The number of carbonyl (C=O) groups is 2. The van der Waals surface area contributed by atoms with E-state index in [1.54, 1.807) is 18.3 Å². The van der Waals surface area contributed by atoms with Crippen molar-refractivity contribution in [2.24, 2.45) is 23.7 Å². The maximum atomic E-state index is 13.7. The van der Waals surface area contributed by atoms with Gasteiger partial charge in [-0.2, -0.15) is 0 Å². The number of imide groups is 1. The lowest BCUT2D eigenvalue weighted by Gasteiger charge is -2.33. The summed E-state index contributed by atoms with van der Waals surface area (Å²) in [5.74, 6) is -0.479. The van der Waals surface area contributed by atoms with E-state index >= 15 is 0 Å². The number of aromatic nitrogens is 1. The van der Waals surface area contributed by atoms with Crippen LogP contribution in [-0.4, -0.2) is 34.6 Å². The third-order valence-corrected chi connectivity index (χ3v) is 8.56. The minimum absolute atomic E-state index is 0.0781. The molecule has 204 valence electrons. The van der Waals surface area contributed by atoms with Crippen molar-refractivity contribution in [2.45, 2.75) is 39.2 Å². The molecule has 2 amide bonds. The Morgan fingerprint density at radius 2 is 1.75 bits per heavy atom. The monoisotopic (exact) mass is 534 g/mol. The van der Waals surface area contributed by atoms with E-state index in [1.165, 1.54) is 16.0 Å². The SMILES string of the molecule is CC(C)C1=C2[C@@H](CC/C(=C/c3ccc(O)cc3)c3ccccn3)OC[C@@H]2[C@@H]2C(=O)N(c3ccccc3)C(=O)[C@@H]2C1. The second kappa shape index (κ2) is 10.9. The summed E-state index contributed by atoms with van der Waals surface area (Å²) in [5.41, 5.74) is 6.13.